The first-order chi connectivity index (χ1) is 12.5. The van der Waals surface area contributed by atoms with Gasteiger partial charge in [0.25, 0.3) is 5.91 Å². The molecule has 1 aliphatic carbocycles. The molecule has 1 fully saturated rings. The number of nitrogens with zero attached hydrogens (tertiary/aromatic N) is 2. The van der Waals surface area contributed by atoms with E-state index >= 15 is 0 Å². The van der Waals surface area contributed by atoms with Gasteiger partial charge in [-0.25, -0.2) is 9.37 Å². The number of nitrogens with one attached hydrogen (secondary N) is 3. The van der Waals surface area contributed by atoms with Crippen molar-refractivity contribution < 1.29 is 9.18 Å². The molecule has 0 atom stereocenters. The molecule has 27 heavy (non-hydrogen) atoms. The highest BCUT2D eigenvalue weighted by Gasteiger charge is 2.23. The lowest BCUT2D eigenvalue weighted by Gasteiger charge is -2.29. The van der Waals surface area contributed by atoms with Crippen molar-refractivity contribution in [1.29, 1.82) is 0 Å². The fourth-order valence-electron chi connectivity index (χ4n) is 3.04. The first-order valence-corrected chi connectivity index (χ1v) is 8.96. The molecular formula is C18H22Cl2FN5O. The summed E-state index contributed by atoms with van der Waals surface area (Å²) in [6.07, 6.45) is 5.22. The van der Waals surface area contributed by atoms with E-state index in [9.17, 15) is 9.18 Å². The van der Waals surface area contributed by atoms with Gasteiger partial charge < -0.3 is 16.0 Å². The number of amides is 1. The molecule has 0 aliphatic heterocycles. The Morgan fingerprint density at radius 3 is 2.56 bits per heavy atom. The van der Waals surface area contributed by atoms with Crippen LogP contribution in [0.4, 0.5) is 16.2 Å². The zero-order valence-electron chi connectivity index (χ0n) is 14.8. The van der Waals surface area contributed by atoms with E-state index in [0.29, 0.717) is 11.5 Å². The highest BCUT2D eigenvalue weighted by atomic mass is 35.5. The molecule has 3 N–H and O–H groups in total. The molecule has 1 aromatic heterocycles. The van der Waals surface area contributed by atoms with Crippen molar-refractivity contribution in [2.24, 2.45) is 0 Å². The number of carbonyl (C=O) groups is 1. The SMILES string of the molecule is CNc1ccnc(N[C@H]2CC[C@@H](NC(=O)c3ccc(F)c(Cl)c3)CC2)n1.Cl. The molecule has 0 radical (unpaired) electrons. The van der Waals surface area contributed by atoms with Gasteiger partial charge in [0, 0.05) is 30.9 Å². The van der Waals surface area contributed by atoms with E-state index < -0.39 is 5.82 Å². The minimum Gasteiger partial charge on any atom is -0.373 e. The summed E-state index contributed by atoms with van der Waals surface area (Å²) in [6.45, 7) is 0. The maximum atomic E-state index is 13.2. The van der Waals surface area contributed by atoms with E-state index in [-0.39, 0.29) is 35.4 Å². The van der Waals surface area contributed by atoms with Gasteiger partial charge in [-0.2, -0.15) is 4.98 Å². The fourth-order valence-corrected chi connectivity index (χ4v) is 3.22. The van der Waals surface area contributed by atoms with Crippen molar-refractivity contribution in [2.45, 2.75) is 37.8 Å². The summed E-state index contributed by atoms with van der Waals surface area (Å²) in [7, 11) is 1.81. The third kappa shape index (κ3) is 5.68. The van der Waals surface area contributed by atoms with Gasteiger partial charge in [-0.05, 0) is 49.9 Å². The largest absolute Gasteiger partial charge is 0.373 e. The predicted octanol–water partition coefficient (Wildman–Crippen LogP) is 3.89. The van der Waals surface area contributed by atoms with Crippen LogP contribution in [0.2, 0.25) is 5.02 Å². The van der Waals surface area contributed by atoms with Crippen molar-refractivity contribution in [1.82, 2.24) is 15.3 Å². The molecule has 9 heteroatoms. The third-order valence-corrected chi connectivity index (χ3v) is 4.78. The quantitative estimate of drug-likeness (QED) is 0.692. The van der Waals surface area contributed by atoms with Gasteiger partial charge in [-0.15, -0.1) is 12.4 Å². The summed E-state index contributed by atoms with van der Waals surface area (Å²) >= 11 is 5.74. The van der Waals surface area contributed by atoms with Crippen LogP contribution < -0.4 is 16.0 Å². The third-order valence-electron chi connectivity index (χ3n) is 4.49. The van der Waals surface area contributed by atoms with Crippen LogP contribution in [-0.2, 0) is 0 Å². The van der Waals surface area contributed by atoms with Crippen molar-refractivity contribution in [2.75, 3.05) is 17.7 Å². The number of halogens is 3. The fraction of sp³-hybridized carbons (Fsp3) is 0.389. The molecule has 2 aromatic rings. The standard InChI is InChI=1S/C18H21ClFN5O.ClH/c1-21-16-8-9-22-18(25-16)24-13-5-3-12(4-6-13)23-17(26)11-2-7-15(20)14(19)10-11;/h2,7-10,12-13H,3-6H2,1H3,(H,23,26)(H2,21,22,24,25);1H/t12-,13+;. The van der Waals surface area contributed by atoms with Gasteiger partial charge in [0.1, 0.15) is 11.6 Å². The van der Waals surface area contributed by atoms with E-state index in [4.69, 9.17) is 11.6 Å². The number of hydrogen-bond donors (Lipinski definition) is 3. The second-order valence-electron chi connectivity index (χ2n) is 6.31. The van der Waals surface area contributed by atoms with E-state index in [1.807, 2.05) is 7.05 Å². The number of rotatable bonds is 5. The molecule has 1 aromatic carbocycles. The van der Waals surface area contributed by atoms with Gasteiger partial charge in [0.15, 0.2) is 0 Å². The average Bonchev–Trinajstić information content (AvgIpc) is 2.65. The molecule has 1 amide bonds. The van der Waals surface area contributed by atoms with Crippen molar-refractivity contribution in [3.05, 3.63) is 46.9 Å². The Morgan fingerprint density at radius 1 is 1.19 bits per heavy atom. The molecule has 146 valence electrons. The molecule has 1 saturated carbocycles. The number of anilines is 2. The summed E-state index contributed by atoms with van der Waals surface area (Å²) in [5.74, 6) is 0.611. The van der Waals surface area contributed by atoms with Crippen molar-refractivity contribution in [3.63, 3.8) is 0 Å². The van der Waals surface area contributed by atoms with Crippen LogP contribution in [0.1, 0.15) is 36.0 Å². The number of aromatic nitrogens is 2. The second kappa shape index (κ2) is 9.71. The van der Waals surface area contributed by atoms with Gasteiger partial charge in [-0.3, -0.25) is 4.79 Å². The minimum absolute atomic E-state index is 0. The van der Waals surface area contributed by atoms with Crippen LogP contribution in [0.3, 0.4) is 0 Å². The zero-order valence-corrected chi connectivity index (χ0v) is 16.4. The molecule has 1 heterocycles. The van der Waals surface area contributed by atoms with Gasteiger partial charge >= 0.3 is 0 Å². The first-order valence-electron chi connectivity index (χ1n) is 8.58. The molecule has 0 spiro atoms. The Kier molecular flexibility index (Phi) is 7.62. The topological polar surface area (TPSA) is 78.9 Å². The van der Waals surface area contributed by atoms with Crippen molar-refractivity contribution in [3.8, 4) is 0 Å². The molecule has 6 nitrogen and oxygen atoms in total. The molecule has 3 rings (SSSR count). The summed E-state index contributed by atoms with van der Waals surface area (Å²) < 4.78 is 13.2. The lowest BCUT2D eigenvalue weighted by Crippen LogP contribution is -2.40. The molecule has 0 saturated heterocycles. The Morgan fingerprint density at radius 2 is 1.89 bits per heavy atom. The summed E-state index contributed by atoms with van der Waals surface area (Å²) in [6, 6.07) is 6.17. The average molecular weight is 414 g/mol. The maximum absolute atomic E-state index is 13.2. The first kappa shape index (κ1) is 21.2. The predicted molar refractivity (Wildman–Crippen MR) is 107 cm³/mol. The van der Waals surface area contributed by atoms with Crippen LogP contribution >= 0.6 is 24.0 Å². The van der Waals surface area contributed by atoms with Crippen LogP contribution in [0, 0.1) is 5.82 Å². The Bertz CT molecular complexity index is 784. The number of hydrogen-bond acceptors (Lipinski definition) is 5. The van der Waals surface area contributed by atoms with Gasteiger partial charge in [-0.1, -0.05) is 11.6 Å². The maximum Gasteiger partial charge on any atom is 0.251 e. The lowest BCUT2D eigenvalue weighted by molar-refractivity contribution is 0.0926. The Balaban J connectivity index is 0.00000261. The minimum atomic E-state index is -0.528. The summed E-state index contributed by atoms with van der Waals surface area (Å²) in [5.41, 5.74) is 0.369. The smallest absolute Gasteiger partial charge is 0.251 e. The van der Waals surface area contributed by atoms with Gasteiger partial charge in [0.2, 0.25) is 5.95 Å². The highest BCUT2D eigenvalue weighted by molar-refractivity contribution is 6.31. The summed E-state index contributed by atoms with van der Waals surface area (Å²) in [5, 5.41) is 9.27. The molecule has 0 unspecified atom stereocenters. The normalized spacial score (nSPS) is 18.9. The van der Waals surface area contributed by atoms with Crippen LogP contribution in [0.5, 0.6) is 0 Å². The molecule has 1 aliphatic rings. The van der Waals surface area contributed by atoms with E-state index in [1.54, 1.807) is 12.3 Å². The lowest BCUT2D eigenvalue weighted by atomic mass is 9.91. The molecular weight excluding hydrogens is 392 g/mol. The number of benzene rings is 1. The van der Waals surface area contributed by atoms with Crippen LogP contribution in [0.25, 0.3) is 0 Å². The summed E-state index contributed by atoms with van der Waals surface area (Å²) in [4.78, 5) is 20.9. The van der Waals surface area contributed by atoms with Gasteiger partial charge in [0.05, 0.1) is 5.02 Å². The van der Waals surface area contributed by atoms with Crippen LogP contribution in [-0.4, -0.2) is 35.0 Å². The van der Waals surface area contributed by atoms with Crippen LogP contribution in [0.15, 0.2) is 30.5 Å². The zero-order chi connectivity index (χ0) is 18.5. The van der Waals surface area contributed by atoms with E-state index in [2.05, 4.69) is 25.9 Å². The monoisotopic (exact) mass is 413 g/mol. The number of carbonyl (C=O) groups excluding carboxylic acids is 1. The van der Waals surface area contributed by atoms with Crippen molar-refractivity contribution >= 4 is 41.7 Å². The second-order valence-corrected chi connectivity index (χ2v) is 6.72. The van der Waals surface area contributed by atoms with E-state index in [1.165, 1.54) is 18.2 Å². The Hall–Kier alpha value is -2.12. The van der Waals surface area contributed by atoms with E-state index in [0.717, 1.165) is 31.5 Å². The Labute approximate surface area is 168 Å². The molecule has 0 bridgehead atoms. The highest BCUT2D eigenvalue weighted by Crippen LogP contribution is 2.22.